The number of rotatable bonds is 2. The second-order valence-electron chi connectivity index (χ2n) is 9.39. The number of nitrogens with one attached hydrogen (secondary N) is 1. The lowest BCUT2D eigenvalue weighted by atomic mass is 9.88. The highest BCUT2D eigenvalue weighted by atomic mass is 79.9. The van der Waals surface area contributed by atoms with E-state index in [1.54, 1.807) is 11.0 Å². The molecule has 1 amide bonds. The number of likely N-dealkylation sites (tertiary alicyclic amines) is 1. The molecule has 1 N–H and O–H groups in total. The number of fused-ring (bicyclic) bond motifs is 3. The Morgan fingerprint density at radius 3 is 2.62 bits per heavy atom. The molecule has 0 radical (unpaired) electrons. The van der Waals surface area contributed by atoms with E-state index in [9.17, 15) is 14.0 Å². The Kier molecular flexibility index (Phi) is 6.21. The van der Waals surface area contributed by atoms with Crippen LogP contribution in [0, 0.1) is 5.82 Å². The van der Waals surface area contributed by atoms with Crippen molar-refractivity contribution in [3.8, 4) is 0 Å². The number of pyridine rings is 1. The molecule has 8 heteroatoms. The van der Waals surface area contributed by atoms with Gasteiger partial charge >= 0.3 is 0 Å². The van der Waals surface area contributed by atoms with Gasteiger partial charge in [-0.1, -0.05) is 29.3 Å². The van der Waals surface area contributed by atoms with Crippen LogP contribution in [0.5, 0.6) is 0 Å². The standard InChI is InChI=1S/C29H22BrClFN3O2/c30-22-7-8-23(32)25-21(15-34-27(22)25)28(36)29(37)35-12-9-16(10-13-35)24-20-6-5-19(31)14-18(20)4-3-17-2-1-11-33-26(17)24/h1-2,5-8,11,14-15,34H,3-4,9-10,12-13H2. The number of hydrogen-bond donors (Lipinski definition) is 1. The van der Waals surface area contributed by atoms with E-state index in [4.69, 9.17) is 16.6 Å². The summed E-state index contributed by atoms with van der Waals surface area (Å²) in [6.45, 7) is 0.812. The van der Waals surface area contributed by atoms with E-state index in [2.05, 4.69) is 33.0 Å². The predicted octanol–water partition coefficient (Wildman–Crippen LogP) is 6.52. The van der Waals surface area contributed by atoms with Crippen molar-refractivity contribution in [3.05, 3.63) is 104 Å². The first-order chi connectivity index (χ1) is 17.9. The van der Waals surface area contributed by atoms with Crippen molar-refractivity contribution >= 4 is 55.7 Å². The number of nitrogens with zero attached hydrogens (tertiary/aromatic N) is 2. The van der Waals surface area contributed by atoms with E-state index in [1.807, 2.05) is 24.4 Å². The minimum atomic E-state index is -0.708. The number of H-pyrrole nitrogens is 1. The Labute approximate surface area is 226 Å². The maximum Gasteiger partial charge on any atom is 0.295 e. The maximum atomic E-state index is 14.5. The molecule has 6 rings (SSSR count). The summed E-state index contributed by atoms with van der Waals surface area (Å²) in [6.07, 6.45) is 6.23. The van der Waals surface area contributed by atoms with E-state index in [0.29, 0.717) is 40.9 Å². The normalized spacial score (nSPS) is 15.4. The fraction of sp³-hybridized carbons (Fsp3) is 0.207. The molecule has 2 aliphatic rings. The topological polar surface area (TPSA) is 66.1 Å². The number of ketones is 1. The number of benzene rings is 2. The molecule has 3 heterocycles. The van der Waals surface area contributed by atoms with E-state index >= 15 is 0 Å². The van der Waals surface area contributed by atoms with Gasteiger partial charge in [-0.15, -0.1) is 0 Å². The van der Waals surface area contributed by atoms with Crippen molar-refractivity contribution in [3.63, 3.8) is 0 Å². The molecule has 0 bridgehead atoms. The fourth-order valence-corrected chi connectivity index (χ4v) is 6.11. The fourth-order valence-electron chi connectivity index (χ4n) is 5.47. The van der Waals surface area contributed by atoms with Crippen molar-refractivity contribution in [2.75, 3.05) is 13.1 Å². The van der Waals surface area contributed by atoms with Crippen LogP contribution < -0.4 is 0 Å². The van der Waals surface area contributed by atoms with Crippen LogP contribution in [0.1, 0.15) is 45.6 Å². The maximum absolute atomic E-state index is 14.5. The van der Waals surface area contributed by atoms with Crippen LogP contribution >= 0.6 is 27.5 Å². The summed E-state index contributed by atoms with van der Waals surface area (Å²) in [5.41, 5.74) is 7.33. The zero-order valence-electron chi connectivity index (χ0n) is 19.8. The van der Waals surface area contributed by atoms with Crippen molar-refractivity contribution < 1.29 is 14.0 Å². The third kappa shape index (κ3) is 4.20. The molecule has 1 aliphatic carbocycles. The minimum absolute atomic E-state index is 0.0515. The highest BCUT2D eigenvalue weighted by Crippen LogP contribution is 2.38. The highest BCUT2D eigenvalue weighted by Gasteiger charge is 2.31. The Morgan fingerprint density at radius 1 is 1.03 bits per heavy atom. The van der Waals surface area contributed by atoms with Crippen molar-refractivity contribution in [1.82, 2.24) is 14.9 Å². The molecule has 2 aromatic heterocycles. The van der Waals surface area contributed by atoms with E-state index in [1.165, 1.54) is 29.0 Å². The van der Waals surface area contributed by atoms with Gasteiger partial charge < -0.3 is 9.88 Å². The first-order valence-corrected chi connectivity index (χ1v) is 13.3. The number of carbonyl (C=O) groups is 2. The minimum Gasteiger partial charge on any atom is -0.359 e. The molecule has 1 saturated heterocycles. The molecule has 2 aromatic carbocycles. The van der Waals surface area contributed by atoms with Crippen LogP contribution in [0.15, 0.2) is 64.9 Å². The zero-order valence-corrected chi connectivity index (χ0v) is 22.1. The Bertz CT molecular complexity index is 1620. The van der Waals surface area contributed by atoms with Crippen molar-refractivity contribution in [2.24, 2.45) is 0 Å². The molecule has 0 unspecified atom stereocenters. The SMILES string of the molecule is O=C(C(=O)N1CCC(=C2c3ccc(Cl)cc3CCc3cccnc32)CC1)c1c[nH]c2c(Br)ccc(F)c12. The molecule has 0 spiro atoms. The monoisotopic (exact) mass is 577 g/mol. The number of piperidine rings is 1. The Hall–Kier alpha value is -3.29. The van der Waals surface area contributed by atoms with E-state index in [-0.39, 0.29) is 10.9 Å². The average Bonchev–Trinajstić information content (AvgIpc) is 3.31. The van der Waals surface area contributed by atoms with E-state index in [0.717, 1.165) is 29.7 Å². The molecule has 186 valence electrons. The number of aromatic amines is 1. The van der Waals surface area contributed by atoms with Crippen molar-refractivity contribution in [1.29, 1.82) is 0 Å². The number of carbonyl (C=O) groups excluding carboxylic acids is 2. The van der Waals surface area contributed by atoms with Crippen LogP contribution in [0.25, 0.3) is 16.5 Å². The second kappa shape index (κ2) is 9.54. The lowest BCUT2D eigenvalue weighted by molar-refractivity contribution is -0.126. The smallest absolute Gasteiger partial charge is 0.295 e. The molecular formula is C29H22BrClFN3O2. The van der Waals surface area contributed by atoms with Gasteiger partial charge in [0.15, 0.2) is 0 Å². The van der Waals surface area contributed by atoms with Gasteiger partial charge in [0.25, 0.3) is 11.7 Å². The summed E-state index contributed by atoms with van der Waals surface area (Å²) < 4.78 is 15.2. The zero-order chi connectivity index (χ0) is 25.7. The molecule has 5 nitrogen and oxygen atoms in total. The predicted molar refractivity (Wildman–Crippen MR) is 145 cm³/mol. The summed E-state index contributed by atoms with van der Waals surface area (Å²) >= 11 is 9.68. The van der Waals surface area contributed by atoms with Gasteiger partial charge in [0.2, 0.25) is 0 Å². The third-order valence-electron chi connectivity index (χ3n) is 7.31. The quantitative estimate of drug-likeness (QED) is 0.217. The van der Waals surface area contributed by atoms with Gasteiger partial charge in [-0.05, 0) is 88.6 Å². The number of aromatic nitrogens is 2. The third-order valence-corrected chi connectivity index (χ3v) is 8.20. The molecule has 1 fully saturated rings. The van der Waals surface area contributed by atoms with Gasteiger partial charge in [-0.25, -0.2) is 4.39 Å². The van der Waals surface area contributed by atoms with Crippen molar-refractivity contribution in [2.45, 2.75) is 25.7 Å². The van der Waals surface area contributed by atoms with Crippen LogP contribution in [-0.4, -0.2) is 39.6 Å². The van der Waals surface area contributed by atoms with Gasteiger partial charge in [0.05, 0.1) is 16.8 Å². The number of aryl methyl sites for hydroxylation is 2. The van der Waals surface area contributed by atoms with E-state index < -0.39 is 17.5 Å². The van der Waals surface area contributed by atoms with Gasteiger partial charge in [-0.2, -0.15) is 0 Å². The first kappa shape index (κ1) is 24.1. The summed E-state index contributed by atoms with van der Waals surface area (Å²) in [7, 11) is 0. The number of Topliss-reactive ketones (excluding diaryl/α,β-unsaturated/α-hetero) is 1. The summed E-state index contributed by atoms with van der Waals surface area (Å²) in [6, 6.07) is 12.9. The summed E-state index contributed by atoms with van der Waals surface area (Å²) in [5.74, 6) is -1.86. The lowest BCUT2D eigenvalue weighted by Gasteiger charge is -2.30. The molecule has 1 aliphatic heterocycles. The van der Waals surface area contributed by atoms with Crippen LogP contribution in [-0.2, 0) is 17.6 Å². The lowest BCUT2D eigenvalue weighted by Crippen LogP contribution is -2.40. The van der Waals surface area contributed by atoms with Crippen LogP contribution in [0.4, 0.5) is 4.39 Å². The number of hydrogen-bond acceptors (Lipinski definition) is 3. The van der Waals surface area contributed by atoms with Gasteiger partial charge in [0, 0.05) is 45.9 Å². The second-order valence-corrected chi connectivity index (χ2v) is 10.7. The molecule has 37 heavy (non-hydrogen) atoms. The average molecular weight is 579 g/mol. The van der Waals surface area contributed by atoms with Gasteiger partial charge in [-0.3, -0.25) is 14.6 Å². The van der Waals surface area contributed by atoms with Crippen LogP contribution in [0.2, 0.25) is 5.02 Å². The van der Waals surface area contributed by atoms with Gasteiger partial charge in [0.1, 0.15) is 5.82 Å². The highest BCUT2D eigenvalue weighted by molar-refractivity contribution is 9.10. The summed E-state index contributed by atoms with van der Waals surface area (Å²) in [5, 5.41) is 0.839. The largest absolute Gasteiger partial charge is 0.359 e. The molecule has 0 saturated carbocycles. The molecule has 0 atom stereocenters. The molecular weight excluding hydrogens is 557 g/mol. The van der Waals surface area contributed by atoms with Crippen LogP contribution in [0.3, 0.4) is 0 Å². The number of halogens is 3. The summed E-state index contributed by atoms with van der Waals surface area (Å²) in [4.78, 5) is 35.6. The Morgan fingerprint density at radius 2 is 1.81 bits per heavy atom. The molecule has 4 aromatic rings. The number of amides is 1. The first-order valence-electron chi connectivity index (χ1n) is 12.2. The Balaban J connectivity index is 1.31.